The standard InChI is InChI=1S/C15H17NO3/c1-4-9-6-7-12-11(8-9)10(5-2)13(15(18)19)14(17)16(12)3/h6-8H,4-5H2,1-3H3,(H,18,19). The second-order valence-electron chi connectivity index (χ2n) is 4.58. The van der Waals surface area contributed by atoms with Crippen LogP contribution in [0.2, 0.25) is 0 Å². The summed E-state index contributed by atoms with van der Waals surface area (Å²) in [7, 11) is 1.61. The van der Waals surface area contributed by atoms with Gasteiger partial charge in [0, 0.05) is 12.4 Å². The van der Waals surface area contributed by atoms with Crippen molar-refractivity contribution in [1.29, 1.82) is 0 Å². The molecule has 4 heteroatoms. The lowest BCUT2D eigenvalue weighted by Gasteiger charge is -2.13. The van der Waals surface area contributed by atoms with Crippen LogP contribution >= 0.6 is 0 Å². The minimum atomic E-state index is -1.15. The Balaban J connectivity index is 3.01. The molecule has 0 aliphatic carbocycles. The number of carboxylic acid groups (broad SMARTS) is 1. The maximum atomic E-state index is 12.1. The average molecular weight is 259 g/mol. The Morgan fingerprint density at radius 1 is 1.26 bits per heavy atom. The zero-order valence-corrected chi connectivity index (χ0v) is 11.4. The van der Waals surface area contributed by atoms with Gasteiger partial charge in [0.1, 0.15) is 5.56 Å². The summed E-state index contributed by atoms with van der Waals surface area (Å²) < 4.78 is 1.41. The molecule has 100 valence electrons. The Morgan fingerprint density at radius 3 is 2.47 bits per heavy atom. The highest BCUT2D eigenvalue weighted by molar-refractivity contribution is 5.96. The van der Waals surface area contributed by atoms with E-state index in [1.807, 2.05) is 32.0 Å². The van der Waals surface area contributed by atoms with Gasteiger partial charge in [-0.15, -0.1) is 0 Å². The average Bonchev–Trinajstić information content (AvgIpc) is 2.41. The molecule has 0 fully saturated rings. The van der Waals surface area contributed by atoms with Crippen LogP contribution in [0.3, 0.4) is 0 Å². The van der Waals surface area contributed by atoms with Crippen molar-refractivity contribution in [2.45, 2.75) is 26.7 Å². The molecule has 2 aromatic rings. The van der Waals surface area contributed by atoms with Crippen LogP contribution in [0.5, 0.6) is 0 Å². The summed E-state index contributed by atoms with van der Waals surface area (Å²) in [6.45, 7) is 3.92. The summed E-state index contributed by atoms with van der Waals surface area (Å²) in [5.41, 5.74) is 1.99. The van der Waals surface area contributed by atoms with E-state index in [9.17, 15) is 14.7 Å². The molecule has 0 amide bonds. The van der Waals surface area contributed by atoms with Gasteiger partial charge in [-0.05, 0) is 36.1 Å². The third-order valence-corrected chi connectivity index (χ3v) is 3.54. The first-order valence-corrected chi connectivity index (χ1v) is 6.39. The second-order valence-corrected chi connectivity index (χ2v) is 4.58. The van der Waals surface area contributed by atoms with Gasteiger partial charge >= 0.3 is 5.97 Å². The van der Waals surface area contributed by atoms with Crippen LogP contribution in [0.1, 0.15) is 35.3 Å². The van der Waals surface area contributed by atoms with E-state index in [-0.39, 0.29) is 5.56 Å². The molecule has 0 saturated carbocycles. The Labute approximate surface area is 111 Å². The van der Waals surface area contributed by atoms with Crippen molar-refractivity contribution in [1.82, 2.24) is 4.57 Å². The predicted molar refractivity (Wildman–Crippen MR) is 74.9 cm³/mol. The maximum Gasteiger partial charge on any atom is 0.341 e. The fraction of sp³-hybridized carbons (Fsp3) is 0.333. The predicted octanol–water partition coefficient (Wildman–Crippen LogP) is 2.36. The van der Waals surface area contributed by atoms with Crippen LogP contribution in [0.15, 0.2) is 23.0 Å². The van der Waals surface area contributed by atoms with E-state index in [1.165, 1.54) is 4.57 Å². The van der Waals surface area contributed by atoms with Crippen molar-refractivity contribution in [2.75, 3.05) is 0 Å². The van der Waals surface area contributed by atoms with Crippen molar-refractivity contribution < 1.29 is 9.90 Å². The molecule has 1 N–H and O–H groups in total. The first-order chi connectivity index (χ1) is 9.01. The summed E-state index contributed by atoms with van der Waals surface area (Å²) in [6, 6.07) is 5.85. The summed E-state index contributed by atoms with van der Waals surface area (Å²) in [5.74, 6) is -1.15. The van der Waals surface area contributed by atoms with Gasteiger partial charge in [0.15, 0.2) is 0 Å². The molecule has 0 atom stereocenters. The minimum absolute atomic E-state index is 0.106. The molecule has 0 saturated heterocycles. The quantitative estimate of drug-likeness (QED) is 0.920. The van der Waals surface area contributed by atoms with Crippen molar-refractivity contribution >= 4 is 16.9 Å². The van der Waals surface area contributed by atoms with Gasteiger partial charge in [-0.3, -0.25) is 4.79 Å². The number of fused-ring (bicyclic) bond motifs is 1. The van der Waals surface area contributed by atoms with Crippen molar-refractivity contribution in [3.05, 3.63) is 45.2 Å². The number of pyridine rings is 1. The molecule has 1 heterocycles. The van der Waals surface area contributed by atoms with E-state index in [1.54, 1.807) is 7.05 Å². The zero-order valence-electron chi connectivity index (χ0n) is 11.4. The molecule has 4 nitrogen and oxygen atoms in total. The Morgan fingerprint density at radius 2 is 1.95 bits per heavy atom. The van der Waals surface area contributed by atoms with Gasteiger partial charge in [0.25, 0.3) is 5.56 Å². The Bertz CT molecular complexity index is 713. The van der Waals surface area contributed by atoms with Crippen LogP contribution in [0.25, 0.3) is 10.9 Å². The van der Waals surface area contributed by atoms with Crippen molar-refractivity contribution in [3.63, 3.8) is 0 Å². The molecule has 1 aromatic heterocycles. The first kappa shape index (κ1) is 13.3. The lowest BCUT2D eigenvalue weighted by atomic mass is 9.98. The van der Waals surface area contributed by atoms with Gasteiger partial charge in [-0.25, -0.2) is 4.79 Å². The molecule has 19 heavy (non-hydrogen) atoms. The number of hydrogen-bond donors (Lipinski definition) is 1. The smallest absolute Gasteiger partial charge is 0.341 e. The number of hydrogen-bond acceptors (Lipinski definition) is 2. The maximum absolute atomic E-state index is 12.1. The summed E-state index contributed by atoms with van der Waals surface area (Å²) in [4.78, 5) is 23.5. The number of benzene rings is 1. The summed E-state index contributed by atoms with van der Waals surface area (Å²) in [5, 5.41) is 10.1. The van der Waals surface area contributed by atoms with Crippen LogP contribution in [-0.4, -0.2) is 15.6 Å². The van der Waals surface area contributed by atoms with Crippen LogP contribution in [-0.2, 0) is 19.9 Å². The number of nitrogens with zero attached hydrogens (tertiary/aromatic N) is 1. The fourth-order valence-corrected chi connectivity index (χ4v) is 2.47. The van der Waals surface area contributed by atoms with E-state index in [0.29, 0.717) is 12.0 Å². The highest BCUT2D eigenvalue weighted by Crippen LogP contribution is 2.22. The molecule has 0 bridgehead atoms. The highest BCUT2D eigenvalue weighted by Gasteiger charge is 2.19. The lowest BCUT2D eigenvalue weighted by Crippen LogP contribution is -2.27. The van der Waals surface area contributed by atoms with E-state index >= 15 is 0 Å². The van der Waals surface area contributed by atoms with Crippen molar-refractivity contribution in [2.24, 2.45) is 7.05 Å². The molecule has 0 spiro atoms. The molecule has 1 aromatic carbocycles. The number of carbonyl (C=O) groups is 1. The monoisotopic (exact) mass is 259 g/mol. The molecule has 0 aliphatic heterocycles. The first-order valence-electron chi connectivity index (χ1n) is 6.39. The van der Waals surface area contributed by atoms with Crippen LogP contribution in [0, 0.1) is 0 Å². The Kier molecular flexibility index (Phi) is 3.42. The molecule has 2 rings (SSSR count). The van der Waals surface area contributed by atoms with Crippen LogP contribution < -0.4 is 5.56 Å². The highest BCUT2D eigenvalue weighted by atomic mass is 16.4. The van der Waals surface area contributed by atoms with Gasteiger partial charge in [-0.1, -0.05) is 19.9 Å². The summed E-state index contributed by atoms with van der Waals surface area (Å²) >= 11 is 0. The topological polar surface area (TPSA) is 59.3 Å². The fourth-order valence-electron chi connectivity index (χ4n) is 2.47. The molecule has 0 unspecified atom stereocenters. The number of aryl methyl sites for hydroxylation is 3. The normalized spacial score (nSPS) is 10.9. The number of aromatic nitrogens is 1. The third-order valence-electron chi connectivity index (χ3n) is 3.54. The number of rotatable bonds is 3. The molecular formula is C15H17NO3. The SMILES string of the molecule is CCc1ccc2c(c1)c(CC)c(C(=O)O)c(=O)n2C. The zero-order chi connectivity index (χ0) is 14.2. The van der Waals surface area contributed by atoms with E-state index in [2.05, 4.69) is 0 Å². The van der Waals surface area contributed by atoms with E-state index in [0.717, 1.165) is 22.9 Å². The third kappa shape index (κ3) is 2.03. The summed E-state index contributed by atoms with van der Waals surface area (Å²) in [6.07, 6.45) is 1.41. The number of carboxylic acids is 1. The van der Waals surface area contributed by atoms with Crippen LogP contribution in [0.4, 0.5) is 0 Å². The largest absolute Gasteiger partial charge is 0.477 e. The lowest BCUT2D eigenvalue weighted by molar-refractivity contribution is 0.0693. The van der Waals surface area contributed by atoms with Gasteiger partial charge < -0.3 is 9.67 Å². The second kappa shape index (κ2) is 4.88. The van der Waals surface area contributed by atoms with Gasteiger partial charge in [-0.2, -0.15) is 0 Å². The molecule has 0 radical (unpaired) electrons. The van der Waals surface area contributed by atoms with E-state index < -0.39 is 11.5 Å². The minimum Gasteiger partial charge on any atom is -0.477 e. The van der Waals surface area contributed by atoms with Gasteiger partial charge in [0.05, 0.1) is 5.52 Å². The Hall–Kier alpha value is -2.10. The molecular weight excluding hydrogens is 242 g/mol. The molecule has 0 aliphatic rings. The van der Waals surface area contributed by atoms with E-state index in [4.69, 9.17) is 0 Å². The van der Waals surface area contributed by atoms with Gasteiger partial charge in [0.2, 0.25) is 0 Å². The number of aromatic carboxylic acids is 1. The van der Waals surface area contributed by atoms with Crippen molar-refractivity contribution in [3.8, 4) is 0 Å².